The molecule has 0 bridgehead atoms. The van der Waals surface area contributed by atoms with Crippen LogP contribution >= 0.6 is 0 Å². The summed E-state index contributed by atoms with van der Waals surface area (Å²) in [6, 6.07) is 16.1. The molecule has 0 saturated heterocycles. The van der Waals surface area contributed by atoms with E-state index in [-0.39, 0.29) is 5.56 Å². The van der Waals surface area contributed by atoms with Gasteiger partial charge in [-0.15, -0.1) is 0 Å². The Morgan fingerprint density at radius 3 is 2.20 bits per heavy atom. The number of ketones is 1. The van der Waals surface area contributed by atoms with Gasteiger partial charge in [0.2, 0.25) is 0 Å². The van der Waals surface area contributed by atoms with Crippen molar-refractivity contribution in [1.82, 2.24) is 0 Å². The number of Topliss-reactive ketones (excluding diaryl/α,β-unsaturated/α-hetero) is 1. The molecule has 0 unspecified atom stereocenters. The Morgan fingerprint density at radius 2 is 1.60 bits per heavy atom. The van der Waals surface area contributed by atoms with Gasteiger partial charge in [-0.3, -0.25) is 4.79 Å². The lowest BCUT2D eigenvalue weighted by molar-refractivity contribution is -0.135. The Bertz CT molecular complexity index is 588. The second-order valence-corrected chi connectivity index (χ2v) is 4.12. The van der Waals surface area contributed by atoms with Gasteiger partial charge < -0.3 is 9.47 Å². The molecule has 102 valence electrons. The second kappa shape index (κ2) is 6.52. The summed E-state index contributed by atoms with van der Waals surface area (Å²) < 4.78 is 9.97. The van der Waals surface area contributed by atoms with Gasteiger partial charge in [0.25, 0.3) is 5.78 Å². The van der Waals surface area contributed by atoms with Crippen LogP contribution < -0.4 is 4.74 Å². The number of carbonyl (C=O) groups excluding carboxylic acids is 2. The number of esters is 1. The first-order chi connectivity index (χ1) is 9.70. The molecule has 0 aromatic heterocycles. The van der Waals surface area contributed by atoms with Gasteiger partial charge in [-0.05, 0) is 29.8 Å². The van der Waals surface area contributed by atoms with Crippen molar-refractivity contribution < 1.29 is 19.1 Å². The number of carbonyl (C=O) groups is 2. The summed E-state index contributed by atoms with van der Waals surface area (Å²) in [5, 5.41) is 0. The number of benzene rings is 2. The molecule has 0 fully saturated rings. The molecule has 0 aliphatic carbocycles. The van der Waals surface area contributed by atoms with E-state index in [1.165, 1.54) is 7.11 Å². The van der Waals surface area contributed by atoms with E-state index >= 15 is 0 Å². The zero-order valence-electron chi connectivity index (χ0n) is 11.0. The number of rotatable bonds is 5. The summed E-state index contributed by atoms with van der Waals surface area (Å²) >= 11 is 0. The number of hydrogen-bond donors (Lipinski definition) is 0. The minimum atomic E-state index is -0.872. The predicted molar refractivity (Wildman–Crippen MR) is 73.6 cm³/mol. The van der Waals surface area contributed by atoms with Gasteiger partial charge in [-0.2, -0.15) is 0 Å². The van der Waals surface area contributed by atoms with Gasteiger partial charge in [-0.25, -0.2) is 4.79 Å². The third-order valence-corrected chi connectivity index (χ3v) is 2.74. The minimum Gasteiger partial charge on any atom is -0.489 e. The smallest absolute Gasteiger partial charge is 0.379 e. The maximum Gasteiger partial charge on any atom is 0.379 e. The molecule has 0 aliphatic rings. The maximum atomic E-state index is 11.6. The molecule has 4 heteroatoms. The Morgan fingerprint density at radius 1 is 0.950 bits per heavy atom. The molecule has 2 aromatic rings. The fraction of sp³-hybridized carbons (Fsp3) is 0.125. The Kier molecular flexibility index (Phi) is 4.50. The SMILES string of the molecule is COC(=O)C(=O)c1ccc(OCc2ccccc2)cc1. The first-order valence-electron chi connectivity index (χ1n) is 6.10. The monoisotopic (exact) mass is 270 g/mol. The van der Waals surface area contributed by atoms with E-state index in [0.29, 0.717) is 12.4 Å². The van der Waals surface area contributed by atoms with Crippen LogP contribution in [0.2, 0.25) is 0 Å². The lowest BCUT2D eigenvalue weighted by Gasteiger charge is -2.06. The maximum absolute atomic E-state index is 11.6. The molecule has 2 aromatic carbocycles. The Hall–Kier alpha value is -2.62. The standard InChI is InChI=1S/C16H14O4/c1-19-16(18)15(17)13-7-9-14(10-8-13)20-11-12-5-3-2-4-6-12/h2-10H,11H2,1H3. The van der Waals surface area contributed by atoms with Gasteiger partial charge in [0.05, 0.1) is 7.11 Å². The summed E-state index contributed by atoms with van der Waals surface area (Å²) in [5.41, 5.74) is 1.34. The minimum absolute atomic E-state index is 0.281. The van der Waals surface area contributed by atoms with E-state index in [9.17, 15) is 9.59 Å². The van der Waals surface area contributed by atoms with Crippen LogP contribution in [0.3, 0.4) is 0 Å². The van der Waals surface area contributed by atoms with E-state index in [1.54, 1.807) is 24.3 Å². The van der Waals surface area contributed by atoms with Crippen molar-refractivity contribution in [2.75, 3.05) is 7.11 Å². The Balaban J connectivity index is 1.98. The van der Waals surface area contributed by atoms with Crippen molar-refractivity contribution in [3.63, 3.8) is 0 Å². The number of methoxy groups -OCH3 is 1. The lowest BCUT2D eigenvalue weighted by Crippen LogP contribution is -2.15. The van der Waals surface area contributed by atoms with Crippen molar-refractivity contribution in [2.24, 2.45) is 0 Å². The van der Waals surface area contributed by atoms with Gasteiger partial charge in [0.15, 0.2) is 0 Å². The molecule has 0 aliphatic heterocycles. The average Bonchev–Trinajstić information content (AvgIpc) is 2.53. The highest BCUT2D eigenvalue weighted by Crippen LogP contribution is 2.14. The van der Waals surface area contributed by atoms with Gasteiger partial charge in [-0.1, -0.05) is 30.3 Å². The van der Waals surface area contributed by atoms with E-state index in [2.05, 4.69) is 4.74 Å². The fourth-order valence-corrected chi connectivity index (χ4v) is 1.65. The molecule has 0 radical (unpaired) electrons. The molecule has 0 heterocycles. The first-order valence-corrected chi connectivity index (χ1v) is 6.10. The van der Waals surface area contributed by atoms with E-state index in [4.69, 9.17) is 4.74 Å². The zero-order valence-corrected chi connectivity index (χ0v) is 11.0. The molecule has 0 N–H and O–H groups in total. The topological polar surface area (TPSA) is 52.6 Å². The Labute approximate surface area is 116 Å². The fourth-order valence-electron chi connectivity index (χ4n) is 1.65. The first kappa shape index (κ1) is 13.8. The summed E-state index contributed by atoms with van der Waals surface area (Å²) in [7, 11) is 1.18. The lowest BCUT2D eigenvalue weighted by atomic mass is 10.1. The molecule has 0 atom stereocenters. The van der Waals surface area contributed by atoms with E-state index < -0.39 is 11.8 Å². The summed E-state index contributed by atoms with van der Waals surface area (Å²) in [6.45, 7) is 0.450. The highest BCUT2D eigenvalue weighted by Gasteiger charge is 2.16. The highest BCUT2D eigenvalue weighted by molar-refractivity contribution is 6.40. The molecular weight excluding hydrogens is 256 g/mol. The quantitative estimate of drug-likeness (QED) is 0.476. The van der Waals surface area contributed by atoms with E-state index in [0.717, 1.165) is 5.56 Å². The highest BCUT2D eigenvalue weighted by atomic mass is 16.5. The third-order valence-electron chi connectivity index (χ3n) is 2.74. The van der Waals surface area contributed by atoms with Crippen LogP contribution in [0.25, 0.3) is 0 Å². The molecule has 0 spiro atoms. The van der Waals surface area contributed by atoms with E-state index in [1.807, 2.05) is 30.3 Å². The molecule has 4 nitrogen and oxygen atoms in total. The predicted octanol–water partition coefficient (Wildman–Crippen LogP) is 2.62. The van der Waals surface area contributed by atoms with Crippen molar-refractivity contribution in [2.45, 2.75) is 6.61 Å². The van der Waals surface area contributed by atoms with Crippen molar-refractivity contribution >= 4 is 11.8 Å². The van der Waals surface area contributed by atoms with Gasteiger partial charge in [0, 0.05) is 5.56 Å². The summed E-state index contributed by atoms with van der Waals surface area (Å²) in [6.07, 6.45) is 0. The van der Waals surface area contributed by atoms with Crippen LogP contribution in [0.4, 0.5) is 0 Å². The van der Waals surface area contributed by atoms with Crippen molar-refractivity contribution in [3.05, 3.63) is 65.7 Å². The molecule has 0 saturated carbocycles. The van der Waals surface area contributed by atoms with Gasteiger partial charge >= 0.3 is 5.97 Å². The number of ether oxygens (including phenoxy) is 2. The van der Waals surface area contributed by atoms with Crippen molar-refractivity contribution in [3.8, 4) is 5.75 Å². The normalized spacial score (nSPS) is 9.85. The molecule has 20 heavy (non-hydrogen) atoms. The van der Waals surface area contributed by atoms with Gasteiger partial charge in [0.1, 0.15) is 12.4 Å². The van der Waals surface area contributed by atoms with Crippen LogP contribution in [0.5, 0.6) is 5.75 Å². The van der Waals surface area contributed by atoms with Crippen molar-refractivity contribution in [1.29, 1.82) is 0 Å². The molecule has 2 rings (SSSR count). The molecule has 0 amide bonds. The second-order valence-electron chi connectivity index (χ2n) is 4.12. The van der Waals surface area contributed by atoms with Crippen LogP contribution in [-0.2, 0) is 16.1 Å². The summed E-state index contributed by atoms with van der Waals surface area (Å²) in [4.78, 5) is 22.7. The third kappa shape index (κ3) is 3.45. The van der Waals surface area contributed by atoms with Crippen LogP contribution in [0.1, 0.15) is 15.9 Å². The average molecular weight is 270 g/mol. The van der Waals surface area contributed by atoms with Crippen LogP contribution in [0, 0.1) is 0 Å². The molecular formula is C16H14O4. The van der Waals surface area contributed by atoms with Crippen LogP contribution in [0.15, 0.2) is 54.6 Å². The van der Waals surface area contributed by atoms with Crippen LogP contribution in [-0.4, -0.2) is 18.9 Å². The largest absolute Gasteiger partial charge is 0.489 e. The zero-order chi connectivity index (χ0) is 14.4. The number of hydrogen-bond acceptors (Lipinski definition) is 4. The summed E-state index contributed by atoms with van der Waals surface area (Å²) in [5.74, 6) is -0.902.